The van der Waals surface area contributed by atoms with Crippen LogP contribution in [0.2, 0.25) is 0 Å². The minimum absolute atomic E-state index is 0.307. The van der Waals surface area contributed by atoms with Gasteiger partial charge in [-0.15, -0.1) is 0 Å². The molecule has 0 saturated carbocycles. The van der Waals surface area contributed by atoms with Gasteiger partial charge in [0.1, 0.15) is 5.75 Å². The molecular weight excluding hydrogens is 334 g/mol. The highest BCUT2D eigenvalue weighted by atomic mass is 16.5. The second kappa shape index (κ2) is 7.89. The van der Waals surface area contributed by atoms with Crippen LogP contribution in [-0.2, 0) is 4.74 Å². The number of carbonyl (C=O) groups excluding carboxylic acids is 2. The molecule has 1 aromatic heterocycles. The van der Waals surface area contributed by atoms with E-state index in [4.69, 9.17) is 4.74 Å². The van der Waals surface area contributed by atoms with Gasteiger partial charge in [-0.05, 0) is 36.4 Å². The van der Waals surface area contributed by atoms with Gasteiger partial charge in [-0.1, -0.05) is 6.07 Å². The molecule has 26 heavy (non-hydrogen) atoms. The Kier molecular flexibility index (Phi) is 5.19. The highest BCUT2D eigenvalue weighted by molar-refractivity contribution is 6.04. The fraction of sp³-hybridized carbons (Fsp3) is 0.0526. The summed E-state index contributed by atoms with van der Waals surface area (Å²) in [6, 6.07) is 13.1. The van der Waals surface area contributed by atoms with E-state index in [0.29, 0.717) is 28.4 Å². The molecule has 7 nitrogen and oxygen atoms in total. The predicted molar refractivity (Wildman–Crippen MR) is 94.3 cm³/mol. The third-order valence-corrected chi connectivity index (χ3v) is 3.42. The zero-order valence-corrected chi connectivity index (χ0v) is 13.9. The van der Waals surface area contributed by atoms with Crippen molar-refractivity contribution in [3.8, 4) is 11.6 Å². The lowest BCUT2D eigenvalue weighted by molar-refractivity contribution is 0.0600. The molecule has 3 aromatic rings. The van der Waals surface area contributed by atoms with E-state index in [0.717, 1.165) is 0 Å². The van der Waals surface area contributed by atoms with E-state index in [1.165, 1.54) is 31.6 Å². The van der Waals surface area contributed by atoms with Crippen molar-refractivity contribution in [2.75, 3.05) is 12.4 Å². The molecule has 7 heteroatoms. The van der Waals surface area contributed by atoms with E-state index in [9.17, 15) is 9.59 Å². The van der Waals surface area contributed by atoms with Crippen molar-refractivity contribution in [1.82, 2.24) is 9.97 Å². The standard InChI is InChI=1S/C19H15N3O4/c1-25-19(24)14-7-5-13(6-8-14)18(23)22-15-3-2-4-16(11-15)26-17-12-20-9-10-21-17/h2-12H,1H3,(H,22,23). The molecule has 0 aliphatic heterocycles. The normalized spacial score (nSPS) is 10.0. The number of aromatic nitrogens is 2. The number of carbonyl (C=O) groups is 2. The summed E-state index contributed by atoms with van der Waals surface area (Å²) in [5.74, 6) is 0.114. The summed E-state index contributed by atoms with van der Waals surface area (Å²) in [4.78, 5) is 31.7. The Bertz CT molecular complexity index is 912. The molecule has 0 radical (unpaired) electrons. The van der Waals surface area contributed by atoms with Crippen LogP contribution >= 0.6 is 0 Å². The second-order valence-electron chi connectivity index (χ2n) is 5.20. The number of benzene rings is 2. The molecule has 3 rings (SSSR count). The number of anilines is 1. The molecule has 0 bridgehead atoms. The summed E-state index contributed by atoms with van der Waals surface area (Å²) in [7, 11) is 1.30. The SMILES string of the molecule is COC(=O)c1ccc(C(=O)Nc2cccc(Oc3cnccn3)c2)cc1. The third kappa shape index (κ3) is 4.21. The molecule has 1 heterocycles. The van der Waals surface area contributed by atoms with Crippen molar-refractivity contribution in [3.63, 3.8) is 0 Å². The lowest BCUT2D eigenvalue weighted by Crippen LogP contribution is -2.12. The van der Waals surface area contributed by atoms with Crippen LogP contribution in [0, 0.1) is 0 Å². The minimum Gasteiger partial charge on any atom is -0.465 e. The molecule has 0 fully saturated rings. The molecule has 0 aliphatic rings. The molecule has 0 saturated heterocycles. The van der Waals surface area contributed by atoms with Gasteiger partial charge in [-0.3, -0.25) is 9.78 Å². The zero-order chi connectivity index (χ0) is 18.4. The summed E-state index contributed by atoms with van der Waals surface area (Å²) in [6.07, 6.45) is 4.57. The van der Waals surface area contributed by atoms with E-state index in [1.807, 2.05) is 0 Å². The van der Waals surface area contributed by atoms with Gasteiger partial charge >= 0.3 is 5.97 Å². The Morgan fingerprint density at radius 2 is 1.77 bits per heavy atom. The van der Waals surface area contributed by atoms with Gasteiger partial charge in [-0.25, -0.2) is 9.78 Å². The number of methoxy groups -OCH3 is 1. The van der Waals surface area contributed by atoms with Gasteiger partial charge in [-0.2, -0.15) is 0 Å². The van der Waals surface area contributed by atoms with Gasteiger partial charge < -0.3 is 14.8 Å². The van der Waals surface area contributed by atoms with E-state index in [-0.39, 0.29) is 5.91 Å². The first-order chi connectivity index (χ1) is 12.7. The number of hydrogen-bond donors (Lipinski definition) is 1. The number of nitrogens with zero attached hydrogens (tertiary/aromatic N) is 2. The fourth-order valence-electron chi connectivity index (χ4n) is 2.18. The second-order valence-corrected chi connectivity index (χ2v) is 5.20. The molecule has 0 aliphatic carbocycles. The minimum atomic E-state index is -0.453. The summed E-state index contributed by atoms with van der Waals surface area (Å²) < 4.78 is 10.2. The summed E-state index contributed by atoms with van der Waals surface area (Å²) in [6.45, 7) is 0. The van der Waals surface area contributed by atoms with Crippen molar-refractivity contribution in [2.24, 2.45) is 0 Å². The highest BCUT2D eigenvalue weighted by Gasteiger charge is 2.10. The van der Waals surface area contributed by atoms with Crippen LogP contribution in [0.25, 0.3) is 0 Å². The average Bonchev–Trinajstić information content (AvgIpc) is 2.68. The topological polar surface area (TPSA) is 90.4 Å². The molecule has 0 atom stereocenters. The van der Waals surface area contributed by atoms with E-state index in [2.05, 4.69) is 20.0 Å². The van der Waals surface area contributed by atoms with Crippen LogP contribution in [0.4, 0.5) is 5.69 Å². The lowest BCUT2D eigenvalue weighted by atomic mass is 10.1. The van der Waals surface area contributed by atoms with Crippen molar-refractivity contribution in [1.29, 1.82) is 0 Å². The lowest BCUT2D eigenvalue weighted by Gasteiger charge is -2.08. The first-order valence-electron chi connectivity index (χ1n) is 7.69. The van der Waals surface area contributed by atoms with Crippen LogP contribution in [-0.4, -0.2) is 29.0 Å². The zero-order valence-electron chi connectivity index (χ0n) is 13.9. The predicted octanol–water partition coefficient (Wildman–Crippen LogP) is 3.31. The molecule has 0 unspecified atom stereocenters. The Hall–Kier alpha value is -3.74. The maximum atomic E-state index is 12.3. The van der Waals surface area contributed by atoms with Crippen molar-refractivity contribution < 1.29 is 19.1 Å². The smallest absolute Gasteiger partial charge is 0.337 e. The number of esters is 1. The third-order valence-electron chi connectivity index (χ3n) is 3.42. The number of hydrogen-bond acceptors (Lipinski definition) is 6. The summed E-state index contributed by atoms with van der Waals surface area (Å²) in [5.41, 5.74) is 1.36. The Morgan fingerprint density at radius 1 is 1.00 bits per heavy atom. The molecule has 0 spiro atoms. The first kappa shape index (κ1) is 17.1. The quantitative estimate of drug-likeness (QED) is 0.711. The van der Waals surface area contributed by atoms with Gasteiger partial charge in [0.25, 0.3) is 5.91 Å². The van der Waals surface area contributed by atoms with E-state index in [1.54, 1.807) is 42.6 Å². The highest BCUT2D eigenvalue weighted by Crippen LogP contribution is 2.22. The molecular formula is C19H15N3O4. The number of amides is 1. The summed E-state index contributed by atoms with van der Waals surface area (Å²) >= 11 is 0. The Morgan fingerprint density at radius 3 is 2.46 bits per heavy atom. The fourth-order valence-corrected chi connectivity index (χ4v) is 2.18. The van der Waals surface area contributed by atoms with Crippen LogP contribution in [0.1, 0.15) is 20.7 Å². The molecule has 130 valence electrons. The first-order valence-corrected chi connectivity index (χ1v) is 7.69. The number of rotatable bonds is 5. The van der Waals surface area contributed by atoms with Crippen LogP contribution in [0.15, 0.2) is 67.1 Å². The molecule has 1 amide bonds. The largest absolute Gasteiger partial charge is 0.465 e. The van der Waals surface area contributed by atoms with E-state index < -0.39 is 5.97 Å². The summed E-state index contributed by atoms with van der Waals surface area (Å²) in [5, 5.41) is 2.78. The van der Waals surface area contributed by atoms with Crippen molar-refractivity contribution >= 4 is 17.6 Å². The van der Waals surface area contributed by atoms with E-state index >= 15 is 0 Å². The van der Waals surface area contributed by atoms with Gasteiger partial charge in [0, 0.05) is 29.7 Å². The van der Waals surface area contributed by atoms with Crippen molar-refractivity contribution in [3.05, 3.63) is 78.2 Å². The Labute approximate surface area is 149 Å². The van der Waals surface area contributed by atoms with Crippen LogP contribution in [0.5, 0.6) is 11.6 Å². The Balaban J connectivity index is 1.69. The molecule has 2 aromatic carbocycles. The average molecular weight is 349 g/mol. The van der Waals surface area contributed by atoms with Gasteiger partial charge in [0.15, 0.2) is 0 Å². The number of ether oxygens (including phenoxy) is 2. The number of nitrogens with one attached hydrogen (secondary N) is 1. The van der Waals surface area contributed by atoms with Gasteiger partial charge in [0.05, 0.1) is 18.9 Å². The van der Waals surface area contributed by atoms with Crippen LogP contribution in [0.3, 0.4) is 0 Å². The van der Waals surface area contributed by atoms with Crippen LogP contribution < -0.4 is 10.1 Å². The maximum absolute atomic E-state index is 12.3. The maximum Gasteiger partial charge on any atom is 0.337 e. The van der Waals surface area contributed by atoms with Gasteiger partial charge in [0.2, 0.25) is 5.88 Å². The van der Waals surface area contributed by atoms with Crippen molar-refractivity contribution in [2.45, 2.75) is 0 Å². The monoisotopic (exact) mass is 349 g/mol. The molecule has 1 N–H and O–H groups in total.